The number of nitrogens with zero attached hydrogens (tertiary/aromatic N) is 1. The summed E-state index contributed by atoms with van der Waals surface area (Å²) in [5, 5.41) is 14.8. The Labute approximate surface area is 190 Å². The molecule has 32 heavy (non-hydrogen) atoms. The Morgan fingerprint density at radius 1 is 1.12 bits per heavy atom. The molecule has 2 aliphatic heterocycles. The van der Waals surface area contributed by atoms with E-state index >= 15 is 0 Å². The average molecular weight is 429 g/mol. The molecule has 7 atom stereocenters. The number of likely N-dealkylation sites (tertiary alicyclic amines) is 1. The highest BCUT2D eigenvalue weighted by atomic mass is 16.5. The fourth-order valence-corrected chi connectivity index (χ4v) is 9.16. The minimum atomic E-state index is -0.379. The van der Waals surface area contributed by atoms with Crippen LogP contribution in [-0.2, 0) is 16.6 Å². The van der Waals surface area contributed by atoms with E-state index in [0.29, 0.717) is 11.8 Å². The molecule has 8 rings (SSSR count). The van der Waals surface area contributed by atoms with Gasteiger partial charge in [-0.05, 0) is 61.7 Å². The van der Waals surface area contributed by atoms with Gasteiger partial charge >= 0.3 is 0 Å². The molecular weight excluding hydrogens is 396 g/mol. The number of likely N-dealkylation sites (N-methyl/N-ethyl adjacent to an activating group) is 1. The third-order valence-corrected chi connectivity index (χ3v) is 10.3. The Kier molecular flexibility index (Phi) is 3.54. The molecule has 2 saturated heterocycles. The van der Waals surface area contributed by atoms with Gasteiger partial charge in [-0.3, -0.25) is 0 Å². The Hall–Kier alpha value is -2.14. The zero-order chi connectivity index (χ0) is 21.9. The van der Waals surface area contributed by atoms with Crippen molar-refractivity contribution in [3.8, 4) is 5.75 Å². The van der Waals surface area contributed by atoms with Crippen LogP contribution in [0.2, 0.25) is 0 Å². The van der Waals surface area contributed by atoms with E-state index in [1.807, 2.05) is 13.2 Å². The summed E-state index contributed by atoms with van der Waals surface area (Å²) >= 11 is 0. The van der Waals surface area contributed by atoms with Crippen LogP contribution in [0.15, 0.2) is 60.7 Å². The molecule has 4 nitrogen and oxygen atoms in total. The van der Waals surface area contributed by atoms with E-state index in [4.69, 9.17) is 4.74 Å². The molecule has 1 spiro atoms. The van der Waals surface area contributed by atoms with Crippen molar-refractivity contribution in [2.75, 3.05) is 20.7 Å². The number of ether oxygens (including phenoxy) is 1. The molecule has 6 bridgehead atoms. The Morgan fingerprint density at radius 3 is 2.72 bits per heavy atom. The van der Waals surface area contributed by atoms with E-state index in [1.165, 1.54) is 16.7 Å². The van der Waals surface area contributed by atoms with E-state index in [0.717, 1.165) is 25.8 Å². The van der Waals surface area contributed by atoms with Gasteiger partial charge in [0.05, 0.1) is 6.04 Å². The van der Waals surface area contributed by atoms with Crippen LogP contribution in [-0.4, -0.2) is 48.4 Å². The lowest BCUT2D eigenvalue weighted by Crippen LogP contribution is -2.80. The SMILES string of the molecule is CO[C@@]12C=C[C@]34C[C@@]1(C)[C@@H](c1ccccc1)N[C@H]2[C@@]31CCN(C)C4Cc2ccc(O)cc21. The van der Waals surface area contributed by atoms with Gasteiger partial charge in [-0.15, -0.1) is 0 Å². The molecule has 2 N–H and O–H groups in total. The fourth-order valence-electron chi connectivity index (χ4n) is 9.16. The summed E-state index contributed by atoms with van der Waals surface area (Å²) in [5.74, 6) is 0.378. The minimum absolute atomic E-state index is 0.0248. The number of rotatable bonds is 2. The summed E-state index contributed by atoms with van der Waals surface area (Å²) in [6.45, 7) is 3.52. The van der Waals surface area contributed by atoms with Gasteiger partial charge in [-0.1, -0.05) is 55.5 Å². The number of phenolic OH excluding ortho intramolecular Hbond substituents is 1. The van der Waals surface area contributed by atoms with Gasteiger partial charge in [-0.25, -0.2) is 0 Å². The molecule has 0 aromatic heterocycles. The van der Waals surface area contributed by atoms with Crippen LogP contribution in [0.5, 0.6) is 5.75 Å². The summed E-state index contributed by atoms with van der Waals surface area (Å²) < 4.78 is 6.59. The first kappa shape index (κ1) is 19.3. The van der Waals surface area contributed by atoms with E-state index in [-0.39, 0.29) is 33.9 Å². The van der Waals surface area contributed by atoms with Gasteiger partial charge in [-0.2, -0.15) is 0 Å². The minimum Gasteiger partial charge on any atom is -0.508 e. The number of hydrogen-bond donors (Lipinski definition) is 2. The van der Waals surface area contributed by atoms with Crippen molar-refractivity contribution in [2.24, 2.45) is 10.8 Å². The van der Waals surface area contributed by atoms with Crippen molar-refractivity contribution in [1.82, 2.24) is 10.2 Å². The molecule has 166 valence electrons. The summed E-state index contributed by atoms with van der Waals surface area (Å²) in [6, 6.07) is 17.9. The lowest BCUT2D eigenvalue weighted by Gasteiger charge is -2.73. The number of methoxy groups -OCH3 is 1. The smallest absolute Gasteiger partial charge is 0.115 e. The van der Waals surface area contributed by atoms with Gasteiger partial charge in [0.2, 0.25) is 0 Å². The Balaban J connectivity index is 1.55. The Morgan fingerprint density at radius 2 is 1.94 bits per heavy atom. The van der Waals surface area contributed by atoms with Crippen LogP contribution in [0.4, 0.5) is 0 Å². The highest BCUT2D eigenvalue weighted by Crippen LogP contribution is 2.77. The molecule has 2 aromatic rings. The van der Waals surface area contributed by atoms with Crippen LogP contribution in [0.1, 0.15) is 42.5 Å². The van der Waals surface area contributed by atoms with Crippen LogP contribution >= 0.6 is 0 Å². The largest absolute Gasteiger partial charge is 0.508 e. The summed E-state index contributed by atoms with van der Waals surface area (Å²) in [7, 11) is 4.21. The second kappa shape index (κ2) is 5.85. The monoisotopic (exact) mass is 428 g/mol. The second-order valence-electron chi connectivity index (χ2n) is 11.2. The summed E-state index contributed by atoms with van der Waals surface area (Å²) in [6.07, 6.45) is 8.15. The van der Waals surface area contributed by atoms with Crippen molar-refractivity contribution >= 4 is 0 Å². The van der Waals surface area contributed by atoms with E-state index < -0.39 is 0 Å². The number of fused-ring (bicyclic) bond motifs is 1. The fraction of sp³-hybridized carbons (Fsp3) is 0.500. The molecular formula is C28H32N2O2. The molecule has 2 heterocycles. The topological polar surface area (TPSA) is 44.7 Å². The number of aromatic hydroxyl groups is 1. The highest BCUT2D eigenvalue weighted by molar-refractivity contribution is 5.57. The highest BCUT2D eigenvalue weighted by Gasteiger charge is 2.81. The number of piperidine rings is 1. The normalized spacial score (nSPS) is 45.5. The molecule has 1 unspecified atom stereocenters. The van der Waals surface area contributed by atoms with Crippen molar-refractivity contribution < 1.29 is 9.84 Å². The zero-order valence-electron chi connectivity index (χ0n) is 19.1. The third kappa shape index (κ3) is 1.83. The van der Waals surface area contributed by atoms with Crippen molar-refractivity contribution in [1.29, 1.82) is 0 Å². The average Bonchev–Trinajstić information content (AvgIpc) is 3.02. The van der Waals surface area contributed by atoms with Gasteiger partial charge in [0.25, 0.3) is 0 Å². The number of hydrogen-bond acceptors (Lipinski definition) is 4. The zero-order valence-corrected chi connectivity index (χ0v) is 19.1. The maximum absolute atomic E-state index is 10.6. The first-order valence-electron chi connectivity index (χ1n) is 12.0. The quantitative estimate of drug-likeness (QED) is 0.711. The van der Waals surface area contributed by atoms with Gasteiger partial charge in [0.1, 0.15) is 11.4 Å². The van der Waals surface area contributed by atoms with Gasteiger partial charge in [0, 0.05) is 35.4 Å². The molecule has 3 fully saturated rings. The summed E-state index contributed by atoms with van der Waals surface area (Å²) in [4.78, 5) is 2.60. The molecule has 2 aromatic carbocycles. The van der Waals surface area contributed by atoms with Crippen LogP contribution in [0, 0.1) is 10.8 Å². The third-order valence-electron chi connectivity index (χ3n) is 10.3. The van der Waals surface area contributed by atoms with E-state index in [9.17, 15) is 5.11 Å². The Bertz CT molecular complexity index is 1150. The first-order valence-corrected chi connectivity index (χ1v) is 12.0. The number of nitrogens with one attached hydrogen (secondary N) is 1. The molecule has 0 radical (unpaired) electrons. The van der Waals surface area contributed by atoms with Crippen LogP contribution in [0.25, 0.3) is 0 Å². The predicted octanol–water partition coefficient (Wildman–Crippen LogP) is 3.95. The standard InChI is InChI=1S/C28H32N2O2/c1-25-17-26-11-12-28(25,32-3)24(29-23(25)18-7-5-4-6-8-18)27(26)13-14-30(2)22(26)15-19-9-10-20(31)16-21(19)27/h4-12,16,22-24,29,31H,13-15,17H2,1-3H3/t22?,23-,24+,25+,26-,27+,28-/m1/s1. The van der Waals surface area contributed by atoms with E-state index in [1.54, 1.807) is 0 Å². The molecule has 4 aliphatic carbocycles. The maximum atomic E-state index is 10.6. The van der Waals surface area contributed by atoms with Crippen LogP contribution in [0.3, 0.4) is 0 Å². The van der Waals surface area contributed by atoms with Crippen LogP contribution < -0.4 is 5.32 Å². The van der Waals surface area contributed by atoms with Gasteiger partial charge in [0.15, 0.2) is 0 Å². The lowest BCUT2D eigenvalue weighted by atomic mass is 9.34. The molecule has 1 saturated carbocycles. The number of benzene rings is 2. The molecule has 4 heteroatoms. The van der Waals surface area contributed by atoms with Crippen molar-refractivity contribution in [3.05, 3.63) is 77.4 Å². The predicted molar refractivity (Wildman–Crippen MR) is 125 cm³/mol. The second-order valence-corrected chi connectivity index (χ2v) is 11.2. The first-order chi connectivity index (χ1) is 15.4. The molecule has 6 aliphatic rings. The van der Waals surface area contributed by atoms with Gasteiger partial charge < -0.3 is 20.1 Å². The maximum Gasteiger partial charge on any atom is 0.115 e. The lowest BCUT2D eigenvalue weighted by molar-refractivity contribution is -0.192. The number of phenols is 1. The summed E-state index contributed by atoms with van der Waals surface area (Å²) in [5.41, 5.74) is 3.58. The molecule has 0 amide bonds. The van der Waals surface area contributed by atoms with E-state index in [2.05, 4.69) is 78.8 Å². The van der Waals surface area contributed by atoms with Crippen molar-refractivity contribution in [3.63, 3.8) is 0 Å². The van der Waals surface area contributed by atoms with Crippen molar-refractivity contribution in [2.45, 2.75) is 55.3 Å².